The standard InChI is InChI=1S/C11H16N2O3/c14-6-2-10-9-12-11(16-10)1-3-13-4-7-15-8-5-13/h6,9H,1-5,7-8H2. The van der Waals surface area contributed by atoms with Crippen molar-refractivity contribution in [3.63, 3.8) is 0 Å². The molecule has 0 radical (unpaired) electrons. The molecule has 1 aromatic heterocycles. The zero-order chi connectivity index (χ0) is 11.2. The Morgan fingerprint density at radius 3 is 3.00 bits per heavy atom. The number of carbonyl (C=O) groups excluding carboxylic acids is 1. The van der Waals surface area contributed by atoms with E-state index in [0.29, 0.717) is 18.1 Å². The smallest absolute Gasteiger partial charge is 0.195 e. The molecule has 2 rings (SSSR count). The minimum atomic E-state index is 0.310. The van der Waals surface area contributed by atoms with E-state index in [2.05, 4.69) is 9.88 Å². The van der Waals surface area contributed by atoms with Crippen molar-refractivity contribution < 1.29 is 13.9 Å². The molecule has 1 aliphatic rings. The number of oxazole rings is 1. The van der Waals surface area contributed by atoms with E-state index in [9.17, 15) is 4.79 Å². The molecule has 0 atom stereocenters. The summed E-state index contributed by atoms with van der Waals surface area (Å²) in [5.74, 6) is 1.36. The molecule has 0 saturated carbocycles. The van der Waals surface area contributed by atoms with Crippen LogP contribution in [0.2, 0.25) is 0 Å². The van der Waals surface area contributed by atoms with Crippen LogP contribution in [-0.2, 0) is 22.4 Å². The summed E-state index contributed by atoms with van der Waals surface area (Å²) in [6, 6.07) is 0. The fraction of sp³-hybridized carbons (Fsp3) is 0.636. The Labute approximate surface area is 94.4 Å². The number of morpholine rings is 1. The van der Waals surface area contributed by atoms with Gasteiger partial charge in [0.2, 0.25) is 0 Å². The third kappa shape index (κ3) is 3.15. The number of hydrogen-bond acceptors (Lipinski definition) is 5. The van der Waals surface area contributed by atoms with Gasteiger partial charge in [-0.1, -0.05) is 0 Å². The molecule has 0 bridgehead atoms. The summed E-state index contributed by atoms with van der Waals surface area (Å²) in [6.07, 6.45) is 3.55. The molecular formula is C11H16N2O3. The number of aldehydes is 1. The molecule has 5 nitrogen and oxygen atoms in total. The van der Waals surface area contributed by atoms with Gasteiger partial charge in [0, 0.05) is 26.1 Å². The summed E-state index contributed by atoms with van der Waals surface area (Å²) in [5, 5.41) is 0. The molecular weight excluding hydrogens is 208 g/mol. The van der Waals surface area contributed by atoms with Crippen LogP contribution in [0.15, 0.2) is 10.6 Å². The van der Waals surface area contributed by atoms with Crippen molar-refractivity contribution in [2.75, 3.05) is 32.8 Å². The lowest BCUT2D eigenvalue weighted by atomic mass is 10.3. The van der Waals surface area contributed by atoms with E-state index in [1.807, 2.05) is 0 Å². The predicted molar refractivity (Wildman–Crippen MR) is 57.2 cm³/mol. The summed E-state index contributed by atoms with van der Waals surface area (Å²) >= 11 is 0. The van der Waals surface area contributed by atoms with Crippen molar-refractivity contribution in [3.05, 3.63) is 17.8 Å². The van der Waals surface area contributed by atoms with E-state index in [1.165, 1.54) is 0 Å². The van der Waals surface area contributed by atoms with Crippen molar-refractivity contribution >= 4 is 6.29 Å². The third-order valence-electron chi connectivity index (χ3n) is 2.63. The molecule has 0 spiro atoms. The van der Waals surface area contributed by atoms with E-state index in [-0.39, 0.29) is 0 Å². The second-order valence-corrected chi connectivity index (χ2v) is 3.80. The van der Waals surface area contributed by atoms with E-state index in [1.54, 1.807) is 6.20 Å². The molecule has 2 heterocycles. The molecule has 1 saturated heterocycles. The first-order valence-electron chi connectivity index (χ1n) is 5.56. The molecule has 0 N–H and O–H groups in total. The zero-order valence-electron chi connectivity index (χ0n) is 9.22. The Balaban J connectivity index is 1.77. The zero-order valence-corrected chi connectivity index (χ0v) is 9.22. The Hall–Kier alpha value is -1.20. The first-order valence-corrected chi connectivity index (χ1v) is 5.56. The highest BCUT2D eigenvalue weighted by atomic mass is 16.5. The number of aromatic nitrogens is 1. The summed E-state index contributed by atoms with van der Waals surface area (Å²) in [4.78, 5) is 16.7. The SMILES string of the molecule is O=CCc1cnc(CCN2CCOCC2)o1. The Morgan fingerprint density at radius 1 is 1.44 bits per heavy atom. The first-order chi connectivity index (χ1) is 7.88. The van der Waals surface area contributed by atoms with Crippen molar-refractivity contribution in [2.24, 2.45) is 0 Å². The van der Waals surface area contributed by atoms with Crippen LogP contribution < -0.4 is 0 Å². The molecule has 0 aromatic carbocycles. The van der Waals surface area contributed by atoms with Gasteiger partial charge in [0.15, 0.2) is 5.89 Å². The third-order valence-corrected chi connectivity index (χ3v) is 2.63. The van der Waals surface area contributed by atoms with E-state index in [0.717, 1.165) is 45.6 Å². The molecule has 16 heavy (non-hydrogen) atoms. The average molecular weight is 224 g/mol. The Morgan fingerprint density at radius 2 is 2.25 bits per heavy atom. The van der Waals surface area contributed by atoms with Crippen molar-refractivity contribution in [1.29, 1.82) is 0 Å². The van der Waals surface area contributed by atoms with Gasteiger partial charge < -0.3 is 13.9 Å². The largest absolute Gasteiger partial charge is 0.445 e. The van der Waals surface area contributed by atoms with Crippen LogP contribution in [0.3, 0.4) is 0 Å². The lowest BCUT2D eigenvalue weighted by molar-refractivity contribution is -0.107. The summed E-state index contributed by atoms with van der Waals surface area (Å²) < 4.78 is 10.7. The highest BCUT2D eigenvalue weighted by Gasteiger charge is 2.11. The van der Waals surface area contributed by atoms with Crippen LogP contribution in [0.4, 0.5) is 0 Å². The molecule has 1 fully saturated rings. The highest BCUT2D eigenvalue weighted by molar-refractivity contribution is 5.52. The van der Waals surface area contributed by atoms with Gasteiger partial charge in [-0.25, -0.2) is 4.98 Å². The van der Waals surface area contributed by atoms with Gasteiger partial charge >= 0.3 is 0 Å². The van der Waals surface area contributed by atoms with Crippen molar-refractivity contribution in [1.82, 2.24) is 9.88 Å². The minimum Gasteiger partial charge on any atom is -0.445 e. The first kappa shape index (κ1) is 11.3. The average Bonchev–Trinajstić information content (AvgIpc) is 2.76. The molecule has 0 aliphatic carbocycles. The number of hydrogen-bond donors (Lipinski definition) is 0. The molecule has 88 valence electrons. The molecule has 0 amide bonds. The van der Waals surface area contributed by atoms with E-state index < -0.39 is 0 Å². The summed E-state index contributed by atoms with van der Waals surface area (Å²) in [5.41, 5.74) is 0. The van der Waals surface area contributed by atoms with Crippen molar-refractivity contribution in [2.45, 2.75) is 12.8 Å². The quantitative estimate of drug-likeness (QED) is 0.673. The van der Waals surface area contributed by atoms with Gasteiger partial charge in [0.1, 0.15) is 12.0 Å². The number of ether oxygens (including phenoxy) is 1. The van der Waals surface area contributed by atoms with Gasteiger partial charge in [-0.15, -0.1) is 0 Å². The monoisotopic (exact) mass is 224 g/mol. The number of rotatable bonds is 5. The van der Waals surface area contributed by atoms with Gasteiger partial charge in [-0.2, -0.15) is 0 Å². The second kappa shape index (κ2) is 5.77. The summed E-state index contributed by atoms with van der Waals surface area (Å²) in [7, 11) is 0. The maximum Gasteiger partial charge on any atom is 0.195 e. The fourth-order valence-electron chi connectivity index (χ4n) is 1.72. The Bertz CT molecular complexity index is 332. The molecule has 1 aliphatic heterocycles. The molecule has 0 unspecified atom stereocenters. The minimum absolute atomic E-state index is 0.310. The van der Waals surface area contributed by atoms with Gasteiger partial charge in [-0.3, -0.25) is 4.90 Å². The maximum absolute atomic E-state index is 10.3. The van der Waals surface area contributed by atoms with Crippen LogP contribution >= 0.6 is 0 Å². The van der Waals surface area contributed by atoms with Gasteiger partial charge in [0.05, 0.1) is 25.8 Å². The van der Waals surface area contributed by atoms with E-state index >= 15 is 0 Å². The molecule has 1 aromatic rings. The van der Waals surface area contributed by atoms with E-state index in [4.69, 9.17) is 9.15 Å². The predicted octanol–water partition coefficient (Wildman–Crippen LogP) is 0.291. The Kier molecular flexibility index (Phi) is 4.07. The van der Waals surface area contributed by atoms with Gasteiger partial charge in [0.25, 0.3) is 0 Å². The maximum atomic E-state index is 10.3. The lowest BCUT2D eigenvalue weighted by Crippen LogP contribution is -2.37. The lowest BCUT2D eigenvalue weighted by Gasteiger charge is -2.25. The van der Waals surface area contributed by atoms with Crippen LogP contribution in [0.1, 0.15) is 11.7 Å². The highest BCUT2D eigenvalue weighted by Crippen LogP contribution is 2.06. The second-order valence-electron chi connectivity index (χ2n) is 3.80. The van der Waals surface area contributed by atoms with Crippen LogP contribution in [0, 0.1) is 0 Å². The topological polar surface area (TPSA) is 55.6 Å². The normalized spacial score (nSPS) is 17.5. The molecule has 5 heteroatoms. The number of nitrogens with zero attached hydrogens (tertiary/aromatic N) is 2. The number of carbonyl (C=O) groups is 1. The van der Waals surface area contributed by atoms with Crippen molar-refractivity contribution in [3.8, 4) is 0 Å². The van der Waals surface area contributed by atoms with Crippen LogP contribution in [0.5, 0.6) is 0 Å². The van der Waals surface area contributed by atoms with Crippen LogP contribution in [-0.4, -0.2) is 49.0 Å². The van der Waals surface area contributed by atoms with Crippen LogP contribution in [0.25, 0.3) is 0 Å². The van der Waals surface area contributed by atoms with Gasteiger partial charge in [-0.05, 0) is 0 Å². The fourth-order valence-corrected chi connectivity index (χ4v) is 1.72. The summed E-state index contributed by atoms with van der Waals surface area (Å²) in [6.45, 7) is 4.50.